The second kappa shape index (κ2) is 9.44. The molecule has 38 heavy (non-hydrogen) atoms. The van der Waals surface area contributed by atoms with Crippen LogP contribution in [-0.2, 0) is 19.2 Å². The highest BCUT2D eigenvalue weighted by atomic mass is 19.3. The van der Waals surface area contributed by atoms with Gasteiger partial charge in [0.2, 0.25) is 17.6 Å². The molecule has 0 aromatic carbocycles. The predicted octanol–water partition coefficient (Wildman–Crippen LogP) is 1.57. The van der Waals surface area contributed by atoms with Crippen molar-refractivity contribution in [2.45, 2.75) is 97.8 Å². The van der Waals surface area contributed by atoms with Crippen molar-refractivity contribution in [1.29, 1.82) is 0 Å². The summed E-state index contributed by atoms with van der Waals surface area (Å²) in [6, 6.07) is -4.02. The van der Waals surface area contributed by atoms with Gasteiger partial charge >= 0.3 is 6.03 Å². The normalized spacial score (nSPS) is 28.4. The Morgan fingerprint density at radius 1 is 1.03 bits per heavy atom. The minimum Gasteiger partial charge on any atom is -0.363 e. The van der Waals surface area contributed by atoms with E-state index in [1.807, 2.05) is 13.8 Å². The Kier molecular flexibility index (Phi) is 7.40. The second-order valence-corrected chi connectivity index (χ2v) is 13.7. The number of alkyl halides is 2. The number of nitrogens with two attached hydrogens (primary N) is 1. The lowest BCUT2D eigenvalue weighted by Crippen LogP contribution is -2.62. The van der Waals surface area contributed by atoms with Gasteiger partial charge in [-0.05, 0) is 49.9 Å². The fourth-order valence-corrected chi connectivity index (χ4v) is 5.61. The van der Waals surface area contributed by atoms with Crippen LogP contribution in [0.25, 0.3) is 0 Å². The van der Waals surface area contributed by atoms with E-state index in [1.54, 1.807) is 41.5 Å². The molecule has 12 heteroatoms. The lowest BCUT2D eigenvalue weighted by Gasteiger charge is -2.38. The summed E-state index contributed by atoms with van der Waals surface area (Å²) < 4.78 is 27.1. The Balaban J connectivity index is 1.84. The standard InChI is InChI=1S/C26H41F2N5O5/c1-23(2,3)18(31-22(38)32-24(4,5)6)21(37)33-11-13-15(25(13,7)8)16(33)20(36)30-14(17(34)19(29)35)9-12-10-26(12,27)28/h12-16,18H,9-11H2,1-8H3,(H2,29,35)(H,30,36)(H2,31,32,38)/t12?,13-,14?,15-,16?,18+/m0/s1. The maximum Gasteiger partial charge on any atom is 0.315 e. The number of hydrogen-bond donors (Lipinski definition) is 4. The number of likely N-dealkylation sites (tertiary alicyclic amines) is 1. The molecule has 3 fully saturated rings. The summed E-state index contributed by atoms with van der Waals surface area (Å²) >= 11 is 0. The molecule has 0 bridgehead atoms. The summed E-state index contributed by atoms with van der Waals surface area (Å²) in [6.45, 7) is 15.0. The van der Waals surface area contributed by atoms with Gasteiger partial charge in [-0.3, -0.25) is 19.2 Å². The van der Waals surface area contributed by atoms with Crippen molar-refractivity contribution in [3.63, 3.8) is 0 Å². The van der Waals surface area contributed by atoms with Crippen molar-refractivity contribution in [3.05, 3.63) is 0 Å². The van der Waals surface area contributed by atoms with E-state index in [9.17, 15) is 32.8 Å². The molecule has 2 aliphatic carbocycles. The number of nitrogens with one attached hydrogen (secondary N) is 3. The van der Waals surface area contributed by atoms with Gasteiger partial charge in [-0.25, -0.2) is 13.6 Å². The number of carbonyl (C=O) groups is 5. The van der Waals surface area contributed by atoms with E-state index >= 15 is 0 Å². The van der Waals surface area contributed by atoms with Crippen molar-refractivity contribution in [1.82, 2.24) is 20.9 Å². The van der Waals surface area contributed by atoms with Crippen LogP contribution in [0.15, 0.2) is 0 Å². The lowest BCUT2D eigenvalue weighted by atomic mass is 9.85. The molecule has 5 N–H and O–H groups in total. The smallest absolute Gasteiger partial charge is 0.315 e. The minimum absolute atomic E-state index is 0.00396. The molecule has 2 saturated carbocycles. The molecule has 0 aromatic heterocycles. The summed E-state index contributed by atoms with van der Waals surface area (Å²) in [4.78, 5) is 65.5. The van der Waals surface area contributed by atoms with E-state index in [2.05, 4.69) is 16.0 Å². The van der Waals surface area contributed by atoms with E-state index in [1.165, 1.54) is 4.90 Å². The highest BCUT2D eigenvalue weighted by Crippen LogP contribution is 2.65. The molecule has 5 amide bonds. The maximum atomic E-state index is 13.8. The highest BCUT2D eigenvalue weighted by Gasteiger charge is 2.70. The van der Waals surface area contributed by atoms with Crippen LogP contribution in [0.5, 0.6) is 0 Å². The number of amides is 5. The quantitative estimate of drug-likeness (QED) is 0.344. The van der Waals surface area contributed by atoms with E-state index < -0.39 is 83.3 Å². The summed E-state index contributed by atoms with van der Waals surface area (Å²) in [5.41, 5.74) is 3.60. The Morgan fingerprint density at radius 3 is 2.03 bits per heavy atom. The maximum absolute atomic E-state index is 13.8. The van der Waals surface area contributed by atoms with Crippen LogP contribution >= 0.6 is 0 Å². The van der Waals surface area contributed by atoms with Gasteiger partial charge in [0.25, 0.3) is 11.8 Å². The Hall–Kier alpha value is -2.79. The van der Waals surface area contributed by atoms with Crippen LogP contribution in [0, 0.1) is 28.6 Å². The average Bonchev–Trinajstić information content (AvgIpc) is 3.39. The third kappa shape index (κ3) is 6.09. The van der Waals surface area contributed by atoms with E-state index in [-0.39, 0.29) is 23.8 Å². The second-order valence-electron chi connectivity index (χ2n) is 13.7. The number of fused-ring (bicyclic) bond motifs is 1. The van der Waals surface area contributed by atoms with E-state index in [4.69, 9.17) is 5.73 Å². The van der Waals surface area contributed by atoms with Crippen LogP contribution in [0.1, 0.15) is 68.2 Å². The number of Topliss-reactive ketones (excluding diaryl/α,β-unsaturated/α-hetero) is 1. The number of nitrogens with zero attached hydrogens (tertiary/aromatic N) is 1. The van der Waals surface area contributed by atoms with Crippen LogP contribution in [-0.4, -0.2) is 70.6 Å². The van der Waals surface area contributed by atoms with Gasteiger partial charge in [0.1, 0.15) is 12.1 Å². The molecule has 0 radical (unpaired) electrons. The molecule has 1 aliphatic heterocycles. The van der Waals surface area contributed by atoms with Gasteiger partial charge in [-0.2, -0.15) is 0 Å². The number of primary amides is 1. The van der Waals surface area contributed by atoms with Crippen molar-refractivity contribution in [3.8, 4) is 0 Å². The monoisotopic (exact) mass is 541 g/mol. The van der Waals surface area contributed by atoms with Crippen molar-refractivity contribution in [2.24, 2.45) is 34.3 Å². The molecular weight excluding hydrogens is 500 g/mol. The molecule has 0 aromatic rings. The number of rotatable bonds is 8. The first kappa shape index (κ1) is 29.8. The summed E-state index contributed by atoms with van der Waals surface area (Å²) in [7, 11) is 0. The van der Waals surface area contributed by atoms with Gasteiger partial charge in [0.15, 0.2) is 0 Å². The van der Waals surface area contributed by atoms with Crippen LogP contribution in [0.3, 0.4) is 0 Å². The molecule has 10 nitrogen and oxygen atoms in total. The Labute approximate surface area is 222 Å². The molecule has 3 unspecified atom stereocenters. The first-order chi connectivity index (χ1) is 17.1. The number of carbonyl (C=O) groups excluding carboxylic acids is 5. The van der Waals surface area contributed by atoms with Gasteiger partial charge in [-0.15, -0.1) is 0 Å². The van der Waals surface area contributed by atoms with E-state index in [0.29, 0.717) is 0 Å². The number of halogens is 2. The van der Waals surface area contributed by atoms with Crippen molar-refractivity contribution >= 4 is 29.5 Å². The first-order valence-corrected chi connectivity index (χ1v) is 13.0. The summed E-state index contributed by atoms with van der Waals surface area (Å²) in [5, 5.41) is 7.98. The van der Waals surface area contributed by atoms with Crippen molar-refractivity contribution in [2.75, 3.05) is 6.54 Å². The zero-order valence-corrected chi connectivity index (χ0v) is 23.4. The zero-order chi connectivity index (χ0) is 29.2. The third-order valence-corrected chi connectivity index (χ3v) is 7.99. The van der Waals surface area contributed by atoms with Crippen LogP contribution in [0.2, 0.25) is 0 Å². The minimum atomic E-state index is -2.96. The number of ketones is 1. The molecule has 3 aliphatic rings. The molecule has 1 heterocycles. The fraction of sp³-hybridized carbons (Fsp3) is 0.808. The van der Waals surface area contributed by atoms with Crippen LogP contribution < -0.4 is 21.7 Å². The van der Waals surface area contributed by atoms with Gasteiger partial charge in [0, 0.05) is 24.4 Å². The lowest BCUT2D eigenvalue weighted by molar-refractivity contribution is -0.145. The Morgan fingerprint density at radius 2 is 1.58 bits per heavy atom. The van der Waals surface area contributed by atoms with Gasteiger partial charge in [0.05, 0.1) is 6.04 Å². The van der Waals surface area contributed by atoms with E-state index in [0.717, 1.165) is 0 Å². The zero-order valence-electron chi connectivity index (χ0n) is 23.4. The molecule has 6 atom stereocenters. The molecule has 3 rings (SSSR count). The molecule has 0 spiro atoms. The topological polar surface area (TPSA) is 151 Å². The van der Waals surface area contributed by atoms with Gasteiger partial charge < -0.3 is 26.6 Å². The van der Waals surface area contributed by atoms with Crippen molar-refractivity contribution < 1.29 is 32.8 Å². The molecular formula is C26H41F2N5O5. The first-order valence-electron chi connectivity index (χ1n) is 13.0. The highest BCUT2D eigenvalue weighted by molar-refractivity contribution is 6.37. The SMILES string of the molecule is CC(C)(C)NC(=O)N[C@H](C(=O)N1C[C@H]2[C@@H](C1C(=O)NC(CC1CC1(F)F)C(=O)C(N)=O)C2(C)C)C(C)(C)C. The number of urea groups is 1. The molecule has 1 saturated heterocycles. The third-order valence-electron chi connectivity index (χ3n) is 7.99. The van der Waals surface area contributed by atoms with Crippen LogP contribution in [0.4, 0.5) is 13.6 Å². The number of hydrogen-bond acceptors (Lipinski definition) is 5. The summed E-state index contributed by atoms with van der Waals surface area (Å²) in [6.07, 6.45) is -0.857. The molecule has 214 valence electrons. The Bertz CT molecular complexity index is 1030. The average molecular weight is 542 g/mol. The predicted molar refractivity (Wildman–Crippen MR) is 135 cm³/mol. The van der Waals surface area contributed by atoms with Gasteiger partial charge in [-0.1, -0.05) is 34.6 Å². The number of piperidine rings is 1. The summed E-state index contributed by atoms with van der Waals surface area (Å²) in [5.74, 6) is -7.98. The largest absolute Gasteiger partial charge is 0.363 e. The fourth-order valence-electron chi connectivity index (χ4n) is 5.61.